The molecular weight excluding hydrogens is 337 g/mol. The van der Waals surface area contributed by atoms with Crippen LogP contribution in [0.4, 0.5) is 15.2 Å². The van der Waals surface area contributed by atoms with Crippen molar-refractivity contribution in [3.8, 4) is 0 Å². The van der Waals surface area contributed by atoms with Gasteiger partial charge >= 0.3 is 0 Å². The van der Waals surface area contributed by atoms with Crippen molar-refractivity contribution in [1.82, 2.24) is 4.37 Å². The number of nitrogen functional groups attached to an aromatic ring is 1. The van der Waals surface area contributed by atoms with Crippen LogP contribution in [0, 0.1) is 5.82 Å². The average Bonchev–Trinajstić information content (AvgIpc) is 2.82. The summed E-state index contributed by atoms with van der Waals surface area (Å²) in [5, 5.41) is 3.34. The molecule has 114 valence electrons. The van der Waals surface area contributed by atoms with Crippen LogP contribution in [0.2, 0.25) is 5.02 Å². The first kappa shape index (κ1) is 16.0. The van der Waals surface area contributed by atoms with E-state index in [4.69, 9.17) is 17.3 Å². The van der Waals surface area contributed by atoms with E-state index in [0.29, 0.717) is 10.6 Å². The maximum atomic E-state index is 13.1. The molecule has 0 aliphatic carbocycles. The quantitative estimate of drug-likeness (QED) is 0.866. The molecule has 1 heterocycles. The molecular formula is C12H13ClFN3O2S2. The monoisotopic (exact) mass is 349 g/mol. The molecule has 0 aliphatic heterocycles. The van der Waals surface area contributed by atoms with Gasteiger partial charge in [-0.15, -0.1) is 0 Å². The fraction of sp³-hybridized carbons (Fsp3) is 0.250. The number of rotatable bonds is 5. The molecule has 0 saturated heterocycles. The second-order valence-corrected chi connectivity index (χ2v) is 7.63. The van der Waals surface area contributed by atoms with E-state index in [2.05, 4.69) is 9.69 Å². The summed E-state index contributed by atoms with van der Waals surface area (Å²) in [7, 11) is -3.46. The maximum absolute atomic E-state index is 13.1. The number of benzene rings is 1. The Bertz CT molecular complexity index is 762. The lowest BCUT2D eigenvalue weighted by atomic mass is 10.2. The third-order valence-corrected chi connectivity index (χ3v) is 5.84. The maximum Gasteiger partial charge on any atom is 0.184 e. The van der Waals surface area contributed by atoms with Crippen LogP contribution in [0.1, 0.15) is 12.5 Å². The lowest BCUT2D eigenvalue weighted by Gasteiger charge is -2.07. The van der Waals surface area contributed by atoms with Crippen LogP contribution in [0.15, 0.2) is 23.1 Å². The Kier molecular flexibility index (Phi) is 4.70. The molecule has 9 heteroatoms. The molecule has 0 unspecified atom stereocenters. The smallest absolute Gasteiger partial charge is 0.184 e. The van der Waals surface area contributed by atoms with Crippen LogP contribution < -0.4 is 11.1 Å². The van der Waals surface area contributed by atoms with Crippen LogP contribution >= 0.6 is 23.1 Å². The number of halogens is 2. The van der Waals surface area contributed by atoms with E-state index < -0.39 is 15.7 Å². The number of nitrogens with two attached hydrogens (primary N) is 1. The van der Waals surface area contributed by atoms with Gasteiger partial charge in [-0.2, -0.15) is 4.37 Å². The van der Waals surface area contributed by atoms with Gasteiger partial charge in [0.05, 0.1) is 10.8 Å². The number of nitrogens with one attached hydrogen (secondary N) is 1. The van der Waals surface area contributed by atoms with Gasteiger partial charge in [-0.05, 0) is 29.2 Å². The third kappa shape index (κ3) is 3.45. The molecule has 3 N–H and O–H groups in total. The van der Waals surface area contributed by atoms with Crippen LogP contribution in [0.5, 0.6) is 0 Å². The zero-order chi connectivity index (χ0) is 15.6. The standard InChI is InChI=1S/C12H13ClFN3O2S2/c1-2-21(18,19)10-11(15)17-20-12(10)16-6-7-3-4-9(14)8(13)5-7/h3-5,16H,2,6H2,1H3,(H2,15,17). The van der Waals surface area contributed by atoms with Gasteiger partial charge in [0, 0.05) is 6.54 Å². The Labute approximate surface area is 131 Å². The van der Waals surface area contributed by atoms with Crippen LogP contribution in [0.25, 0.3) is 0 Å². The Balaban J connectivity index is 2.23. The van der Waals surface area contributed by atoms with E-state index in [1.54, 1.807) is 6.07 Å². The Morgan fingerprint density at radius 2 is 2.19 bits per heavy atom. The Hall–Kier alpha value is -1.38. The van der Waals surface area contributed by atoms with Gasteiger partial charge in [-0.3, -0.25) is 0 Å². The summed E-state index contributed by atoms with van der Waals surface area (Å²) >= 11 is 6.67. The van der Waals surface area contributed by atoms with Crippen molar-refractivity contribution in [1.29, 1.82) is 0 Å². The van der Waals surface area contributed by atoms with E-state index >= 15 is 0 Å². The molecule has 0 bridgehead atoms. The molecule has 21 heavy (non-hydrogen) atoms. The highest BCUT2D eigenvalue weighted by Crippen LogP contribution is 2.32. The second-order valence-electron chi connectivity index (χ2n) is 4.23. The molecule has 2 rings (SSSR count). The minimum atomic E-state index is -3.46. The van der Waals surface area contributed by atoms with E-state index in [9.17, 15) is 12.8 Å². The number of hydrogen-bond acceptors (Lipinski definition) is 6. The molecule has 0 spiro atoms. The van der Waals surface area contributed by atoms with Crippen molar-refractivity contribution in [3.63, 3.8) is 0 Å². The van der Waals surface area contributed by atoms with E-state index in [1.807, 2.05) is 0 Å². The average molecular weight is 350 g/mol. The van der Waals surface area contributed by atoms with E-state index in [0.717, 1.165) is 11.5 Å². The minimum Gasteiger partial charge on any atom is -0.382 e. The number of sulfone groups is 1. The van der Waals surface area contributed by atoms with E-state index in [-0.39, 0.29) is 28.0 Å². The highest BCUT2D eigenvalue weighted by molar-refractivity contribution is 7.91. The van der Waals surface area contributed by atoms with Gasteiger partial charge < -0.3 is 11.1 Å². The first-order valence-corrected chi connectivity index (χ1v) is 8.81. The lowest BCUT2D eigenvalue weighted by molar-refractivity contribution is 0.598. The molecule has 0 amide bonds. The van der Waals surface area contributed by atoms with Crippen molar-refractivity contribution in [2.24, 2.45) is 0 Å². The molecule has 0 fully saturated rings. The molecule has 2 aromatic rings. The van der Waals surface area contributed by atoms with Crippen LogP contribution in [-0.4, -0.2) is 18.5 Å². The zero-order valence-electron chi connectivity index (χ0n) is 11.1. The van der Waals surface area contributed by atoms with Crippen molar-refractivity contribution < 1.29 is 12.8 Å². The topological polar surface area (TPSA) is 85.1 Å². The Morgan fingerprint density at radius 3 is 2.81 bits per heavy atom. The predicted octanol–water partition coefficient (Wildman–Crippen LogP) is 2.92. The predicted molar refractivity (Wildman–Crippen MR) is 83.0 cm³/mol. The number of aromatic nitrogens is 1. The van der Waals surface area contributed by atoms with Gasteiger partial charge in [0.15, 0.2) is 15.7 Å². The van der Waals surface area contributed by atoms with Gasteiger partial charge in [-0.1, -0.05) is 24.6 Å². The minimum absolute atomic E-state index is 0.0125. The third-order valence-electron chi connectivity index (χ3n) is 2.80. The van der Waals surface area contributed by atoms with Gasteiger partial charge in [0.25, 0.3) is 0 Å². The van der Waals surface area contributed by atoms with Gasteiger partial charge in [-0.25, -0.2) is 12.8 Å². The molecule has 5 nitrogen and oxygen atoms in total. The number of nitrogens with zero attached hydrogens (tertiary/aromatic N) is 1. The molecule has 0 radical (unpaired) electrons. The SMILES string of the molecule is CCS(=O)(=O)c1c(N)nsc1NCc1ccc(F)c(Cl)c1. The van der Waals surface area contributed by atoms with Crippen LogP contribution in [-0.2, 0) is 16.4 Å². The summed E-state index contributed by atoms with van der Waals surface area (Å²) in [4.78, 5) is 0.0169. The van der Waals surface area contributed by atoms with Crippen molar-refractivity contribution in [2.75, 3.05) is 16.8 Å². The largest absolute Gasteiger partial charge is 0.382 e. The first-order valence-electron chi connectivity index (χ1n) is 6.01. The van der Waals surface area contributed by atoms with Gasteiger partial charge in [0.2, 0.25) is 0 Å². The summed E-state index contributed by atoms with van der Waals surface area (Å²) < 4.78 is 40.9. The summed E-state index contributed by atoms with van der Waals surface area (Å²) in [5.41, 5.74) is 6.34. The summed E-state index contributed by atoms with van der Waals surface area (Å²) in [5.74, 6) is -0.578. The Morgan fingerprint density at radius 1 is 1.48 bits per heavy atom. The van der Waals surface area contributed by atoms with Crippen molar-refractivity contribution in [3.05, 3.63) is 34.6 Å². The fourth-order valence-corrected chi connectivity index (χ4v) is 4.05. The fourth-order valence-electron chi connectivity index (χ4n) is 1.68. The molecule has 1 aromatic heterocycles. The normalized spacial score (nSPS) is 11.6. The summed E-state index contributed by atoms with van der Waals surface area (Å²) in [6, 6.07) is 4.29. The van der Waals surface area contributed by atoms with Crippen molar-refractivity contribution in [2.45, 2.75) is 18.4 Å². The van der Waals surface area contributed by atoms with Crippen LogP contribution in [0.3, 0.4) is 0 Å². The second kappa shape index (κ2) is 6.17. The van der Waals surface area contributed by atoms with Gasteiger partial charge in [0.1, 0.15) is 15.7 Å². The van der Waals surface area contributed by atoms with Crippen molar-refractivity contribution >= 4 is 43.8 Å². The highest BCUT2D eigenvalue weighted by atomic mass is 35.5. The molecule has 0 aliphatic rings. The molecule has 0 saturated carbocycles. The number of anilines is 2. The number of hydrogen-bond donors (Lipinski definition) is 2. The summed E-state index contributed by atoms with van der Waals surface area (Å²) in [6.07, 6.45) is 0. The zero-order valence-corrected chi connectivity index (χ0v) is 13.4. The molecule has 1 aromatic carbocycles. The van der Waals surface area contributed by atoms with E-state index in [1.165, 1.54) is 19.1 Å². The molecule has 0 atom stereocenters. The highest BCUT2D eigenvalue weighted by Gasteiger charge is 2.23. The first-order chi connectivity index (χ1) is 9.85. The lowest BCUT2D eigenvalue weighted by Crippen LogP contribution is -2.09. The summed E-state index contributed by atoms with van der Waals surface area (Å²) in [6.45, 7) is 1.82.